The van der Waals surface area contributed by atoms with Crippen molar-refractivity contribution in [3.63, 3.8) is 0 Å². The number of aromatic amines is 2. The van der Waals surface area contributed by atoms with Gasteiger partial charge in [0.2, 0.25) is 22.9 Å². The quantitative estimate of drug-likeness (QED) is 0.0155. The summed E-state index contributed by atoms with van der Waals surface area (Å²) in [7, 11) is 2.66. The van der Waals surface area contributed by atoms with Gasteiger partial charge in [-0.25, -0.2) is 19.2 Å². The predicted octanol–water partition coefficient (Wildman–Crippen LogP) is 8.20. The molecule has 0 saturated heterocycles. The molecule has 0 radical (unpaired) electrons. The maximum absolute atomic E-state index is 14.7. The van der Waals surface area contributed by atoms with Crippen molar-refractivity contribution in [2.24, 2.45) is 29.0 Å². The summed E-state index contributed by atoms with van der Waals surface area (Å²) < 4.78 is 25.6. The molecule has 34 nitrogen and oxygen atoms in total. The van der Waals surface area contributed by atoms with Crippen LogP contribution in [0.5, 0.6) is 11.5 Å². The van der Waals surface area contributed by atoms with Gasteiger partial charge < -0.3 is 82.1 Å². The van der Waals surface area contributed by atoms with E-state index < -0.39 is 89.4 Å². The van der Waals surface area contributed by atoms with E-state index in [0.717, 1.165) is 29.1 Å². The van der Waals surface area contributed by atoms with Crippen LogP contribution in [0.4, 0.5) is 0 Å². The van der Waals surface area contributed by atoms with Crippen molar-refractivity contribution < 1.29 is 117 Å². The number of likely N-dealkylation sites (N-methyl/N-ethyl adjacent to an activating group) is 1. The average Bonchev–Trinajstić information content (AvgIpc) is 0.775. The summed E-state index contributed by atoms with van der Waals surface area (Å²) in [6.45, 7) is 27.8. The number of carbonyl (C=O) groups is 9. The Bertz CT molecular complexity index is 6540. The number of nitrogens with zero attached hydrogens (tertiary/aromatic N) is 5. The van der Waals surface area contributed by atoms with E-state index in [9.17, 15) is 72.4 Å². The zero-order valence-corrected chi connectivity index (χ0v) is 85.1. The molecule has 142 heavy (non-hydrogen) atoms. The number of methoxy groups -OCH3 is 2. The van der Waals surface area contributed by atoms with Crippen molar-refractivity contribution >= 4 is 65.6 Å². The largest absolute Gasteiger partial charge is 1.00 e. The molecule has 1 aliphatic rings. The van der Waals surface area contributed by atoms with Crippen LogP contribution < -0.4 is 94.8 Å². The molecule has 0 spiro atoms. The first-order chi connectivity index (χ1) is 66.0. The molecule has 4 bridgehead atoms. The number of pyridine rings is 5. The number of nitrogens with one attached hydrogen (secondary N) is 3. The molecule has 6 aromatic carbocycles. The topological polar surface area (TPSA) is 550 Å². The third kappa shape index (κ3) is 34.7. The summed E-state index contributed by atoms with van der Waals surface area (Å²) in [5, 5.41) is 47.0. The van der Waals surface area contributed by atoms with Crippen LogP contribution in [0.15, 0.2) is 249 Å². The average molecular weight is 1960 g/mol. The number of aromatic carboxylic acids is 2. The smallest absolute Gasteiger partial charge is 0.870 e. The Hall–Kier alpha value is -14.2. The number of fused-ring (bicyclic) bond motifs is 5. The number of carboxylic acids is 2. The van der Waals surface area contributed by atoms with Crippen LogP contribution in [-0.4, -0.2) is 175 Å². The summed E-state index contributed by atoms with van der Waals surface area (Å²) in [5.41, 5.74) is 26.2. The van der Waals surface area contributed by atoms with E-state index in [2.05, 4.69) is 108 Å². The number of nitrogens with two attached hydrogens (primary N) is 3. The summed E-state index contributed by atoms with van der Waals surface area (Å²) in [5.74, 6) is -6.68. The fraction of sp³-hybridized carbons (Fsp3) is 0.330. The predicted molar refractivity (Wildman–Crippen MR) is 537 cm³/mol. The van der Waals surface area contributed by atoms with Gasteiger partial charge >= 0.3 is 60.6 Å². The third-order valence-electron chi connectivity index (χ3n) is 22.4. The van der Waals surface area contributed by atoms with Gasteiger partial charge in [0.15, 0.2) is 17.3 Å². The number of H-pyrrole nitrogens is 2. The Kier molecular flexibility index (Phi) is 45.5. The zero-order chi connectivity index (χ0) is 104. The van der Waals surface area contributed by atoms with Crippen molar-refractivity contribution in [1.29, 1.82) is 5.26 Å². The minimum atomic E-state index is -1.37. The molecule has 11 aromatic rings. The molecule has 36 heteroatoms. The number of Topliss-reactive ketones (excluding diaryl/α,β-unsaturated/α-hetero) is 3. The number of amides is 2. The molecule has 6 heterocycles. The van der Waals surface area contributed by atoms with Crippen molar-refractivity contribution in [3.8, 4) is 45.8 Å². The molecule has 14 N–H and O–H groups in total. The van der Waals surface area contributed by atoms with E-state index in [4.69, 9.17) is 46.9 Å². The maximum atomic E-state index is 14.7. The van der Waals surface area contributed by atoms with Gasteiger partial charge in [-0.2, -0.15) is 5.26 Å². The van der Waals surface area contributed by atoms with E-state index >= 15 is 0 Å². The molecular formula is C106H125BN11NaO23. The number of rotatable bonds is 24. The molecule has 746 valence electrons. The van der Waals surface area contributed by atoms with Gasteiger partial charge in [0, 0.05) is 153 Å². The molecule has 5 aromatic heterocycles. The Morgan fingerprint density at radius 2 is 0.894 bits per heavy atom. The Balaban J connectivity index is 0.000000368. The molecule has 1 aliphatic heterocycles. The summed E-state index contributed by atoms with van der Waals surface area (Å²) >= 11 is 0. The van der Waals surface area contributed by atoms with Crippen molar-refractivity contribution in [2.45, 2.75) is 162 Å². The number of carbonyl (C=O) groups excluding carboxylic acids is 7. The number of hydrogen-bond donors (Lipinski definition) is 10. The maximum Gasteiger partial charge on any atom is 1.00 e. The van der Waals surface area contributed by atoms with Crippen molar-refractivity contribution in [1.82, 2.24) is 33.9 Å². The molecule has 4 atom stereocenters. The van der Waals surface area contributed by atoms with Crippen LogP contribution in [0, 0.1) is 23.2 Å². The zero-order valence-electron chi connectivity index (χ0n) is 83.1. The van der Waals surface area contributed by atoms with Crippen molar-refractivity contribution in [2.75, 3.05) is 54.1 Å². The first kappa shape index (κ1) is 118. The standard InChI is InChI=1S/C50H61N7O8.C17H19NO3.C16H17NO3.C10H15BO2.C7H7NO3.C6H5NO3.Na.H2O/c1-31-25-43(60)47(56(5)49(63)35(16-19-52)29-42(59)33-17-22-57(46(61)30-33)37-12-10-36(11-13-37)50(2,3)4)34-9-15-45(65-24-21-54)39(28-34)38-26-32(8-14-44(38)64-23-20-53)27-40(55-48(31)62)41(58)7-6-18-51;1-17(2,3)13-5-7-14(8-6-13)18-10-9-12(11-15(18)19)16(20)21-4;1-16(2,3)12-4-6-13(7-5-12)17-9-8-11(15(19)20)10-14(17)18;1-10(2,3)8-4-6-9(7-5-8)11(12)13;1-11-7(10)5-2-3-8-6(9)4-5;8-5-3-4(6(9)10)1-2-7-5;;/h8-15,17,22,26,28,30-31,35,40,47H,6-7,16,19-21,23-25,27,29,52-54H2,1-5H3,(H,55,62);5-11H,1-4H3;4-10H,1-3H3,(H,19,20);4-7,12-13H,1-3H3;2-4H,1H3,(H,8,9);1-3H,(H,7,8)(H,9,10);;1H2/q;;;;;;+1;/p-1/t31-,35-,40+,47+;;;;;;;/m1......./s1. The Morgan fingerprint density at radius 3 is 1.29 bits per heavy atom. The van der Waals surface area contributed by atoms with Crippen molar-refractivity contribution in [3.05, 3.63) is 338 Å². The van der Waals surface area contributed by atoms with Gasteiger partial charge in [-0.05, 0) is 171 Å². The molecule has 12 rings (SSSR count). The number of aromatic nitrogens is 5. The number of hydrogen-bond acceptors (Lipinski definition) is 25. The molecular weight excluding hydrogens is 1830 g/mol. The molecule has 0 fully saturated rings. The summed E-state index contributed by atoms with van der Waals surface area (Å²) in [6, 6.07) is 53.8. The Labute approximate surface area is 846 Å². The van der Waals surface area contributed by atoms with Crippen LogP contribution in [0.2, 0.25) is 0 Å². The first-order valence-electron chi connectivity index (χ1n) is 45.1. The molecule has 0 saturated carbocycles. The number of ketones is 3. The van der Waals surface area contributed by atoms with Gasteiger partial charge in [0.1, 0.15) is 30.8 Å². The van der Waals surface area contributed by atoms with E-state index in [1.54, 1.807) is 67.7 Å². The molecule has 0 unspecified atom stereocenters. The summed E-state index contributed by atoms with van der Waals surface area (Å²) in [4.78, 5) is 178. The minimum Gasteiger partial charge on any atom is -0.870 e. The second kappa shape index (κ2) is 54.6. The first-order valence-corrected chi connectivity index (χ1v) is 45.1. The van der Waals surface area contributed by atoms with E-state index in [1.165, 1.54) is 118 Å². The monoisotopic (exact) mass is 1950 g/mol. The molecule has 2 amide bonds. The number of ether oxygens (including phenoxy) is 4. The minimum absolute atomic E-state index is 0. The van der Waals surface area contributed by atoms with Crippen LogP contribution in [0.25, 0.3) is 28.2 Å². The Morgan fingerprint density at radius 1 is 0.507 bits per heavy atom. The third-order valence-corrected chi connectivity index (χ3v) is 22.4. The fourth-order valence-electron chi connectivity index (χ4n) is 14.4. The van der Waals surface area contributed by atoms with E-state index in [0.29, 0.717) is 44.9 Å². The summed E-state index contributed by atoms with van der Waals surface area (Å²) in [6.07, 6.45) is 6.74. The number of nitriles is 1. The van der Waals surface area contributed by atoms with Crippen LogP contribution in [-0.2, 0) is 56.7 Å². The van der Waals surface area contributed by atoms with Gasteiger partial charge in [-0.1, -0.05) is 163 Å². The van der Waals surface area contributed by atoms with E-state index in [-0.39, 0.29) is 178 Å². The van der Waals surface area contributed by atoms with Crippen LogP contribution in [0.3, 0.4) is 0 Å². The van der Waals surface area contributed by atoms with Crippen LogP contribution >= 0.6 is 0 Å². The second-order valence-corrected chi connectivity index (χ2v) is 37.1. The van der Waals surface area contributed by atoms with Crippen LogP contribution in [0.1, 0.15) is 213 Å². The number of esters is 2. The van der Waals surface area contributed by atoms with Gasteiger partial charge in [0.05, 0.1) is 48.6 Å². The molecule has 0 aliphatic carbocycles. The van der Waals surface area contributed by atoms with Gasteiger partial charge in [0.25, 0.3) is 16.7 Å². The fourth-order valence-corrected chi connectivity index (χ4v) is 14.4. The van der Waals surface area contributed by atoms with E-state index in [1.807, 2.05) is 97.1 Å². The SMILES string of the molecule is CC(C)(C)c1ccc(-n2ccc(C(=O)O)cc2=O)cc1.CC(C)(C)c1ccc(B(O)O)cc1.COC(=O)c1cc[nH]c(=O)c1.COC(=O)c1ccn(-c2ccc(C(C)(C)C)cc2)c(=O)c1.C[C@@H]1CC(=O)[C@@H](N(C)C(=O)[C@H](CCN)CC(=O)c2ccn(-c3ccc(C(C)(C)C)cc3)c(=O)c2)c2ccc(OCCN)c(c2)-c2cc(ccc2OCCN)C[C@@H](C(=O)CCC#N)NC1=O.O=C(O)c1cc[nH]c(=O)c1.[Na+].[OH-]. The van der Waals surface area contributed by atoms with Gasteiger partial charge in [-0.15, -0.1) is 0 Å². The van der Waals surface area contributed by atoms with Gasteiger partial charge in [-0.3, -0.25) is 61.6 Å². The normalized spacial score (nSPS) is 13.4. The second-order valence-electron chi connectivity index (χ2n) is 37.1. The number of carboxylic acid groups (broad SMARTS) is 2. The number of benzene rings is 6.